The third-order valence-corrected chi connectivity index (χ3v) is 6.81. The normalized spacial score (nSPS) is 13.1. The Morgan fingerprint density at radius 1 is 1.43 bits per heavy atom. The van der Waals surface area contributed by atoms with Gasteiger partial charge in [-0.25, -0.2) is 4.79 Å². The topological polar surface area (TPSA) is 78.5 Å². The van der Waals surface area contributed by atoms with Gasteiger partial charge in [-0.2, -0.15) is 0 Å². The van der Waals surface area contributed by atoms with Gasteiger partial charge in [-0.05, 0) is 38.0 Å². The van der Waals surface area contributed by atoms with Gasteiger partial charge in [-0.3, -0.25) is 4.79 Å². The average Bonchev–Trinajstić information content (AvgIpc) is 2.76. The van der Waals surface area contributed by atoms with Crippen LogP contribution in [-0.2, 0) is 22.5 Å². The zero-order valence-electron chi connectivity index (χ0n) is 13.0. The molecule has 2 aromatic rings. The SMILES string of the molecule is C[S+]([O-])c1sc2sc(Cl)cc2c(=O)c1CNC(=O)OC(C)(C)C. The molecule has 0 bridgehead atoms. The molecule has 1 atom stereocenters. The molecular formula is C14H16ClNO4S3. The van der Waals surface area contributed by atoms with Gasteiger partial charge in [0.05, 0.1) is 25.8 Å². The number of fused-ring (bicyclic) bond motifs is 1. The van der Waals surface area contributed by atoms with Crippen molar-refractivity contribution in [2.75, 3.05) is 6.26 Å². The number of hydrogen-bond donors (Lipinski definition) is 1. The van der Waals surface area contributed by atoms with Gasteiger partial charge in [0, 0.05) is 0 Å². The highest BCUT2D eigenvalue weighted by molar-refractivity contribution is 7.93. The van der Waals surface area contributed by atoms with Crippen molar-refractivity contribution in [3.05, 3.63) is 26.2 Å². The fraction of sp³-hybridized carbons (Fsp3) is 0.429. The molecule has 2 rings (SSSR count). The number of ether oxygens (including phenoxy) is 1. The van der Waals surface area contributed by atoms with E-state index in [1.807, 2.05) is 0 Å². The number of hydrogen-bond acceptors (Lipinski definition) is 6. The highest BCUT2D eigenvalue weighted by atomic mass is 35.5. The summed E-state index contributed by atoms with van der Waals surface area (Å²) < 4.78 is 18.8. The predicted octanol–water partition coefficient (Wildman–Crippen LogP) is 3.74. The lowest BCUT2D eigenvalue weighted by molar-refractivity contribution is 0.0523. The van der Waals surface area contributed by atoms with Gasteiger partial charge < -0.3 is 14.6 Å². The van der Waals surface area contributed by atoms with Crippen LogP contribution in [0.5, 0.6) is 0 Å². The van der Waals surface area contributed by atoms with Gasteiger partial charge >= 0.3 is 6.09 Å². The zero-order valence-corrected chi connectivity index (χ0v) is 16.2. The molecule has 0 aliphatic heterocycles. The summed E-state index contributed by atoms with van der Waals surface area (Å²) in [6, 6.07) is 1.60. The molecule has 0 aliphatic carbocycles. The second-order valence-corrected chi connectivity index (χ2v) is 10.3. The summed E-state index contributed by atoms with van der Waals surface area (Å²) in [5.74, 6) is 0. The Morgan fingerprint density at radius 2 is 2.09 bits per heavy atom. The number of carbonyl (C=O) groups excluding carboxylic acids is 1. The van der Waals surface area contributed by atoms with Crippen molar-refractivity contribution in [1.29, 1.82) is 0 Å². The van der Waals surface area contributed by atoms with Crippen molar-refractivity contribution in [3.8, 4) is 0 Å². The number of alkyl carbamates (subject to hydrolysis) is 1. The minimum absolute atomic E-state index is 0.0391. The van der Waals surface area contributed by atoms with E-state index >= 15 is 0 Å². The van der Waals surface area contributed by atoms with Crippen molar-refractivity contribution >= 4 is 60.9 Å². The molecule has 0 fully saturated rings. The molecule has 1 amide bonds. The van der Waals surface area contributed by atoms with E-state index in [9.17, 15) is 14.1 Å². The quantitative estimate of drug-likeness (QED) is 0.805. The van der Waals surface area contributed by atoms with Gasteiger partial charge in [-0.1, -0.05) is 22.9 Å². The maximum atomic E-state index is 12.6. The van der Waals surface area contributed by atoms with Crippen LogP contribution in [-0.4, -0.2) is 22.5 Å². The van der Waals surface area contributed by atoms with Crippen LogP contribution >= 0.6 is 34.3 Å². The number of thiophene rings is 1. The van der Waals surface area contributed by atoms with Crippen molar-refractivity contribution < 1.29 is 14.1 Å². The fourth-order valence-corrected chi connectivity index (χ4v) is 5.73. The average molecular weight is 394 g/mol. The molecule has 1 N–H and O–H groups in total. The molecule has 1 unspecified atom stereocenters. The van der Waals surface area contributed by atoms with Crippen LogP contribution in [0, 0.1) is 0 Å². The first-order chi connectivity index (χ1) is 10.6. The third kappa shape index (κ3) is 4.60. The number of amides is 1. The molecule has 126 valence electrons. The first kappa shape index (κ1) is 18.5. The molecule has 0 saturated heterocycles. The van der Waals surface area contributed by atoms with Gasteiger partial charge in [0.2, 0.25) is 4.21 Å². The lowest BCUT2D eigenvalue weighted by Crippen LogP contribution is -2.33. The second-order valence-electron chi connectivity index (χ2n) is 5.76. The first-order valence-corrected chi connectivity index (χ1v) is 10.2. The van der Waals surface area contributed by atoms with E-state index in [0.29, 0.717) is 19.5 Å². The summed E-state index contributed by atoms with van der Waals surface area (Å²) in [4.78, 5) is 24.4. The maximum Gasteiger partial charge on any atom is 0.407 e. The van der Waals surface area contributed by atoms with Crippen LogP contribution < -0.4 is 10.7 Å². The molecule has 0 radical (unpaired) electrons. The van der Waals surface area contributed by atoms with Crippen LogP contribution in [0.4, 0.5) is 4.79 Å². The van der Waals surface area contributed by atoms with Crippen molar-refractivity contribution in [3.63, 3.8) is 0 Å². The summed E-state index contributed by atoms with van der Waals surface area (Å²) in [5, 5.41) is 3.03. The Morgan fingerprint density at radius 3 is 2.65 bits per heavy atom. The minimum Gasteiger partial charge on any atom is -0.611 e. The Hall–Kier alpha value is -0.800. The van der Waals surface area contributed by atoms with Gasteiger partial charge in [0.1, 0.15) is 11.9 Å². The lowest BCUT2D eigenvalue weighted by atomic mass is 10.2. The standard InChI is InChI=1S/C14H16ClNO4S3/c1-14(2,3)20-13(18)16-6-8-10(17)7-5-9(15)21-11(7)22-12(8)23(4)19/h5H,6H2,1-4H3,(H,16,18). The van der Waals surface area contributed by atoms with Crippen LogP contribution in [0.3, 0.4) is 0 Å². The fourth-order valence-electron chi connectivity index (χ4n) is 1.84. The molecule has 9 heteroatoms. The molecule has 2 aromatic heterocycles. The van der Waals surface area contributed by atoms with E-state index in [1.165, 1.54) is 28.9 Å². The number of nitrogens with one attached hydrogen (secondary N) is 1. The highest BCUT2D eigenvalue weighted by Gasteiger charge is 2.23. The Bertz CT molecular complexity index is 792. The van der Waals surface area contributed by atoms with Crippen molar-refractivity contribution in [2.24, 2.45) is 0 Å². The first-order valence-electron chi connectivity index (χ1n) is 6.64. The molecule has 2 heterocycles. The number of carbonyl (C=O) groups is 1. The summed E-state index contributed by atoms with van der Waals surface area (Å²) in [7, 11) is 0. The van der Waals surface area contributed by atoms with Crippen molar-refractivity contribution in [1.82, 2.24) is 5.32 Å². The van der Waals surface area contributed by atoms with E-state index < -0.39 is 22.9 Å². The smallest absolute Gasteiger partial charge is 0.407 e. The molecule has 5 nitrogen and oxygen atoms in total. The van der Waals surface area contributed by atoms with Crippen molar-refractivity contribution in [2.45, 2.75) is 37.1 Å². The molecular weight excluding hydrogens is 378 g/mol. The molecule has 0 aromatic carbocycles. The monoisotopic (exact) mass is 393 g/mol. The summed E-state index contributed by atoms with van der Waals surface area (Å²) in [6.07, 6.45) is 0.877. The van der Waals surface area contributed by atoms with Crippen LogP contribution in [0.2, 0.25) is 4.34 Å². The zero-order chi connectivity index (χ0) is 17.4. The second kappa shape index (κ2) is 6.98. The van der Waals surface area contributed by atoms with Gasteiger partial charge in [-0.15, -0.1) is 11.3 Å². The highest BCUT2D eigenvalue weighted by Crippen LogP contribution is 2.34. The van der Waals surface area contributed by atoms with Gasteiger partial charge in [0.25, 0.3) is 0 Å². The summed E-state index contributed by atoms with van der Waals surface area (Å²) >= 11 is 7.16. The molecule has 0 saturated carbocycles. The van der Waals surface area contributed by atoms with E-state index in [0.717, 1.165) is 4.01 Å². The maximum absolute atomic E-state index is 12.6. The summed E-state index contributed by atoms with van der Waals surface area (Å²) in [6.45, 7) is 5.21. The third-order valence-electron chi connectivity index (χ3n) is 2.69. The number of rotatable bonds is 3. The summed E-state index contributed by atoms with van der Waals surface area (Å²) in [5.41, 5.74) is -0.583. The molecule has 23 heavy (non-hydrogen) atoms. The Kier molecular flexibility index (Phi) is 5.63. The van der Waals surface area contributed by atoms with Crippen LogP contribution in [0.1, 0.15) is 26.3 Å². The van der Waals surface area contributed by atoms with E-state index in [-0.39, 0.29) is 12.0 Å². The number of halogens is 1. The Balaban J connectivity index is 2.35. The van der Waals surface area contributed by atoms with Crippen LogP contribution in [0.15, 0.2) is 15.1 Å². The molecule has 0 aliphatic rings. The largest absolute Gasteiger partial charge is 0.611 e. The van der Waals surface area contributed by atoms with E-state index in [2.05, 4.69) is 5.32 Å². The van der Waals surface area contributed by atoms with E-state index in [1.54, 1.807) is 26.8 Å². The lowest BCUT2D eigenvalue weighted by Gasteiger charge is -2.19. The van der Waals surface area contributed by atoms with Gasteiger partial charge in [0.15, 0.2) is 5.43 Å². The molecule has 0 spiro atoms. The minimum atomic E-state index is -1.34. The van der Waals surface area contributed by atoms with Crippen LogP contribution in [0.25, 0.3) is 9.40 Å². The predicted molar refractivity (Wildman–Crippen MR) is 96.4 cm³/mol. The van der Waals surface area contributed by atoms with E-state index in [4.69, 9.17) is 16.3 Å². The Labute approximate surface area is 149 Å².